The molecule has 0 bridgehead atoms. The van der Waals surface area contributed by atoms with Gasteiger partial charge in [-0.05, 0) is 38.0 Å². The van der Waals surface area contributed by atoms with Crippen molar-refractivity contribution < 1.29 is 18.0 Å². The van der Waals surface area contributed by atoms with Crippen LogP contribution in [0.15, 0.2) is 0 Å². The summed E-state index contributed by atoms with van der Waals surface area (Å²) in [7, 11) is 0. The zero-order chi connectivity index (χ0) is 14.9. The molecule has 2 unspecified atom stereocenters. The molecule has 2 atom stereocenters. The normalized spacial score (nSPS) is 36.0. The van der Waals surface area contributed by atoms with Crippen LogP contribution in [0.25, 0.3) is 0 Å². The van der Waals surface area contributed by atoms with Crippen LogP contribution in [0.3, 0.4) is 0 Å². The van der Waals surface area contributed by atoms with Gasteiger partial charge in [-0.1, -0.05) is 6.92 Å². The molecule has 20 heavy (non-hydrogen) atoms. The predicted molar refractivity (Wildman–Crippen MR) is 71.5 cm³/mol. The highest BCUT2D eigenvalue weighted by Crippen LogP contribution is 2.40. The lowest BCUT2D eigenvalue weighted by Crippen LogP contribution is -2.46. The smallest absolute Gasteiger partial charge is 0.342 e. The number of piperidine rings is 1. The van der Waals surface area contributed by atoms with Crippen LogP contribution in [-0.2, 0) is 4.79 Å². The molecule has 0 aromatic rings. The molecular weight excluding hydrogens is 291 g/mol. The second kappa shape index (κ2) is 6.12. The predicted octanol–water partition coefficient (Wildman–Crippen LogP) is 3.83. The fourth-order valence-corrected chi connectivity index (χ4v) is 3.42. The lowest BCUT2D eigenvalue weighted by molar-refractivity contribution is -0.185. The molecule has 1 heterocycles. The van der Waals surface area contributed by atoms with Crippen molar-refractivity contribution in [1.29, 1.82) is 0 Å². The van der Waals surface area contributed by atoms with E-state index in [1.54, 1.807) is 4.90 Å². The van der Waals surface area contributed by atoms with Gasteiger partial charge in [0.2, 0.25) is 5.91 Å². The van der Waals surface area contributed by atoms with Gasteiger partial charge in [0.05, 0.1) is 5.92 Å². The van der Waals surface area contributed by atoms with Crippen LogP contribution in [0.1, 0.15) is 39.0 Å². The fraction of sp³-hybridized carbons (Fsp3) is 0.929. The topological polar surface area (TPSA) is 20.3 Å². The molecule has 0 aromatic carbocycles. The molecule has 2 nitrogen and oxygen atoms in total. The SMILES string of the molecule is CC1CN(C(=O)C2CCC(C(F)(F)F)CC2)CCC1Cl. The molecule has 1 saturated carbocycles. The average molecular weight is 312 g/mol. The van der Waals surface area contributed by atoms with E-state index in [1.807, 2.05) is 6.92 Å². The number of hydrogen-bond donors (Lipinski definition) is 0. The molecule has 0 N–H and O–H groups in total. The van der Waals surface area contributed by atoms with E-state index in [0.717, 1.165) is 6.42 Å². The van der Waals surface area contributed by atoms with Crippen LogP contribution in [0.4, 0.5) is 13.2 Å². The second-order valence-electron chi connectivity index (χ2n) is 6.16. The Morgan fingerprint density at radius 1 is 1.15 bits per heavy atom. The molecular formula is C14H21ClF3NO. The van der Waals surface area contributed by atoms with E-state index >= 15 is 0 Å². The first kappa shape index (κ1) is 15.9. The number of rotatable bonds is 1. The summed E-state index contributed by atoms with van der Waals surface area (Å²) in [6, 6.07) is 0. The Hall–Kier alpha value is -0.450. The lowest BCUT2D eigenvalue weighted by Gasteiger charge is -2.38. The number of carbonyl (C=O) groups is 1. The van der Waals surface area contributed by atoms with Crippen molar-refractivity contribution in [3.8, 4) is 0 Å². The van der Waals surface area contributed by atoms with Gasteiger partial charge in [0, 0.05) is 24.4 Å². The van der Waals surface area contributed by atoms with Crippen LogP contribution in [0.2, 0.25) is 0 Å². The Labute approximate surface area is 122 Å². The molecule has 1 amide bonds. The first-order valence-electron chi connectivity index (χ1n) is 7.28. The lowest BCUT2D eigenvalue weighted by atomic mass is 9.80. The summed E-state index contributed by atoms with van der Waals surface area (Å²) < 4.78 is 37.8. The maximum atomic E-state index is 12.6. The number of hydrogen-bond acceptors (Lipinski definition) is 1. The van der Waals surface area contributed by atoms with Crippen LogP contribution in [0, 0.1) is 17.8 Å². The third-order valence-corrected chi connectivity index (χ3v) is 5.30. The zero-order valence-corrected chi connectivity index (χ0v) is 12.4. The van der Waals surface area contributed by atoms with E-state index in [0.29, 0.717) is 25.9 Å². The highest BCUT2D eigenvalue weighted by atomic mass is 35.5. The van der Waals surface area contributed by atoms with Crippen molar-refractivity contribution >= 4 is 17.5 Å². The first-order valence-corrected chi connectivity index (χ1v) is 7.72. The van der Waals surface area contributed by atoms with Gasteiger partial charge in [0.25, 0.3) is 0 Å². The molecule has 1 aliphatic heterocycles. The number of alkyl halides is 4. The Kier molecular flexibility index (Phi) is 4.88. The van der Waals surface area contributed by atoms with Gasteiger partial charge in [-0.25, -0.2) is 0 Å². The standard InChI is InChI=1S/C14H21ClF3NO/c1-9-8-19(7-6-12(9)15)13(20)10-2-4-11(5-3-10)14(16,17)18/h9-12H,2-8H2,1H3. The van der Waals surface area contributed by atoms with E-state index < -0.39 is 12.1 Å². The molecule has 0 spiro atoms. The van der Waals surface area contributed by atoms with Gasteiger partial charge in [-0.3, -0.25) is 4.79 Å². The highest BCUT2D eigenvalue weighted by Gasteiger charge is 2.43. The molecule has 2 fully saturated rings. The van der Waals surface area contributed by atoms with Crippen molar-refractivity contribution in [1.82, 2.24) is 4.90 Å². The van der Waals surface area contributed by atoms with Gasteiger partial charge in [-0.2, -0.15) is 13.2 Å². The monoisotopic (exact) mass is 311 g/mol. The summed E-state index contributed by atoms with van der Waals surface area (Å²) in [4.78, 5) is 14.2. The summed E-state index contributed by atoms with van der Waals surface area (Å²) >= 11 is 6.13. The van der Waals surface area contributed by atoms with Gasteiger partial charge in [0.15, 0.2) is 0 Å². The maximum Gasteiger partial charge on any atom is 0.391 e. The van der Waals surface area contributed by atoms with Gasteiger partial charge in [-0.15, -0.1) is 11.6 Å². The second-order valence-corrected chi connectivity index (χ2v) is 6.72. The molecule has 116 valence electrons. The minimum Gasteiger partial charge on any atom is -0.342 e. The van der Waals surface area contributed by atoms with Crippen molar-refractivity contribution in [3.05, 3.63) is 0 Å². The Balaban J connectivity index is 1.86. The Morgan fingerprint density at radius 2 is 1.75 bits per heavy atom. The number of carbonyl (C=O) groups excluding carboxylic acids is 1. The third kappa shape index (κ3) is 3.60. The van der Waals surface area contributed by atoms with Gasteiger partial charge < -0.3 is 4.90 Å². The minimum absolute atomic E-state index is 0.0287. The third-order valence-electron chi connectivity index (χ3n) is 4.65. The average Bonchev–Trinajstić information content (AvgIpc) is 2.40. The van der Waals surface area contributed by atoms with Gasteiger partial charge >= 0.3 is 6.18 Å². The van der Waals surface area contributed by atoms with E-state index in [1.165, 1.54) is 0 Å². The van der Waals surface area contributed by atoms with Crippen molar-refractivity contribution in [3.63, 3.8) is 0 Å². The van der Waals surface area contributed by atoms with E-state index in [4.69, 9.17) is 11.6 Å². The minimum atomic E-state index is -4.11. The summed E-state index contributed by atoms with van der Waals surface area (Å²) in [6.07, 6.45) is -2.45. The van der Waals surface area contributed by atoms with Crippen LogP contribution in [-0.4, -0.2) is 35.4 Å². The number of nitrogens with zero attached hydrogens (tertiary/aromatic N) is 1. The largest absolute Gasteiger partial charge is 0.391 e. The Morgan fingerprint density at radius 3 is 2.25 bits per heavy atom. The van der Waals surface area contributed by atoms with E-state index in [-0.39, 0.29) is 36.0 Å². The molecule has 2 rings (SSSR count). The number of amides is 1. The quantitative estimate of drug-likeness (QED) is 0.674. The van der Waals surface area contributed by atoms with Crippen LogP contribution in [0.5, 0.6) is 0 Å². The summed E-state index contributed by atoms with van der Waals surface area (Å²) in [5, 5.41) is 0.0972. The number of likely N-dealkylation sites (tertiary alicyclic amines) is 1. The molecule has 0 radical (unpaired) electrons. The van der Waals surface area contributed by atoms with Gasteiger partial charge in [0.1, 0.15) is 0 Å². The molecule has 1 aliphatic carbocycles. The fourth-order valence-electron chi connectivity index (χ4n) is 3.24. The molecule has 2 aliphatic rings. The van der Waals surface area contributed by atoms with Crippen molar-refractivity contribution in [2.45, 2.75) is 50.6 Å². The maximum absolute atomic E-state index is 12.6. The van der Waals surface area contributed by atoms with Crippen molar-refractivity contribution in [2.75, 3.05) is 13.1 Å². The first-order chi connectivity index (χ1) is 9.29. The summed E-state index contributed by atoms with van der Waals surface area (Å²) in [5.41, 5.74) is 0. The zero-order valence-electron chi connectivity index (χ0n) is 11.6. The number of halogens is 4. The highest BCUT2D eigenvalue weighted by molar-refractivity contribution is 6.20. The molecule has 6 heteroatoms. The summed E-state index contributed by atoms with van der Waals surface area (Å²) in [5.74, 6) is -1.17. The van der Waals surface area contributed by atoms with Crippen molar-refractivity contribution in [2.24, 2.45) is 17.8 Å². The summed E-state index contributed by atoms with van der Waals surface area (Å²) in [6.45, 7) is 3.28. The van der Waals surface area contributed by atoms with Crippen LogP contribution >= 0.6 is 11.6 Å². The van der Waals surface area contributed by atoms with E-state index in [2.05, 4.69) is 0 Å². The van der Waals surface area contributed by atoms with E-state index in [9.17, 15) is 18.0 Å². The van der Waals surface area contributed by atoms with Crippen LogP contribution < -0.4 is 0 Å². The molecule has 1 saturated heterocycles. The molecule has 0 aromatic heterocycles. The Bertz CT molecular complexity index is 353.